The Balaban J connectivity index is 1.96. The molecular formula is C24H33N3O6SSi. The molecule has 0 spiro atoms. The average molecular weight is 520 g/mol. The molecular weight excluding hydrogens is 486 g/mol. The first-order valence-electron chi connectivity index (χ1n) is 11.4. The molecule has 0 aliphatic carbocycles. The topological polar surface area (TPSA) is 120 Å². The van der Waals surface area contributed by atoms with Gasteiger partial charge < -0.3 is 13.9 Å². The smallest absolute Gasteiger partial charge is 0.296 e. The molecule has 11 heteroatoms. The first-order chi connectivity index (χ1) is 16.3. The quantitative estimate of drug-likeness (QED) is 0.133. The van der Waals surface area contributed by atoms with Crippen molar-refractivity contribution in [1.82, 2.24) is 0 Å². The van der Waals surface area contributed by atoms with Crippen molar-refractivity contribution in [2.24, 2.45) is 5.11 Å². The molecule has 0 N–H and O–H groups in total. The Morgan fingerprint density at radius 2 is 1.71 bits per heavy atom. The van der Waals surface area contributed by atoms with Crippen LogP contribution in [0.2, 0.25) is 18.1 Å². The van der Waals surface area contributed by atoms with Crippen LogP contribution in [0.25, 0.3) is 10.4 Å². The van der Waals surface area contributed by atoms with Gasteiger partial charge in [-0.1, -0.05) is 49.6 Å². The fourth-order valence-corrected chi connectivity index (χ4v) is 5.49. The Hall–Kier alpha value is -2.56. The van der Waals surface area contributed by atoms with Gasteiger partial charge in [0, 0.05) is 4.91 Å². The molecule has 1 aliphatic heterocycles. The lowest BCUT2D eigenvalue weighted by atomic mass is 10.0. The minimum Gasteiger partial charge on any atom is -0.486 e. The number of hydrogen-bond donors (Lipinski definition) is 0. The maximum absolute atomic E-state index is 12.8. The summed E-state index contributed by atoms with van der Waals surface area (Å²) in [4.78, 5) is 3.01. The summed E-state index contributed by atoms with van der Waals surface area (Å²) in [5.41, 5.74) is 10.9. The zero-order valence-corrected chi connectivity index (χ0v) is 22.8. The predicted octanol–water partition coefficient (Wildman–Crippen LogP) is 5.91. The highest BCUT2D eigenvalue weighted by Crippen LogP contribution is 2.42. The van der Waals surface area contributed by atoms with Crippen LogP contribution in [0.3, 0.4) is 0 Å². The molecule has 0 saturated carbocycles. The van der Waals surface area contributed by atoms with E-state index in [0.717, 1.165) is 5.56 Å². The van der Waals surface area contributed by atoms with Gasteiger partial charge in [-0.15, -0.1) is 0 Å². The van der Waals surface area contributed by atoms with Crippen LogP contribution in [0, 0.1) is 6.92 Å². The van der Waals surface area contributed by atoms with E-state index in [4.69, 9.17) is 18.1 Å². The molecule has 0 amide bonds. The van der Waals surface area contributed by atoms with Crippen molar-refractivity contribution in [3.05, 3.63) is 64.0 Å². The third kappa shape index (κ3) is 6.56. The third-order valence-corrected chi connectivity index (χ3v) is 12.1. The summed E-state index contributed by atoms with van der Waals surface area (Å²) in [6.07, 6.45) is -0.754. The van der Waals surface area contributed by atoms with Crippen LogP contribution in [-0.2, 0) is 18.7 Å². The molecule has 2 atom stereocenters. The monoisotopic (exact) mass is 519 g/mol. The van der Waals surface area contributed by atoms with E-state index < -0.39 is 30.6 Å². The van der Waals surface area contributed by atoms with E-state index >= 15 is 0 Å². The lowest BCUT2D eigenvalue weighted by Gasteiger charge is -2.41. The second-order valence-corrected chi connectivity index (χ2v) is 16.4. The molecule has 3 rings (SSSR count). The molecule has 2 aromatic carbocycles. The van der Waals surface area contributed by atoms with Crippen LogP contribution >= 0.6 is 0 Å². The number of rotatable bonds is 9. The van der Waals surface area contributed by atoms with Crippen LogP contribution in [0.5, 0.6) is 11.5 Å². The summed E-state index contributed by atoms with van der Waals surface area (Å²) in [6, 6.07) is 10.8. The second-order valence-electron chi connectivity index (χ2n) is 10.0. The number of aryl methyl sites for hydroxylation is 1. The van der Waals surface area contributed by atoms with Crippen LogP contribution in [-0.4, -0.2) is 42.6 Å². The zero-order valence-electron chi connectivity index (χ0n) is 21.0. The summed E-state index contributed by atoms with van der Waals surface area (Å²) < 4.78 is 49.1. The Bertz CT molecular complexity index is 1190. The van der Waals surface area contributed by atoms with Gasteiger partial charge in [0.25, 0.3) is 10.1 Å². The summed E-state index contributed by atoms with van der Waals surface area (Å²) in [6.45, 7) is 12.8. The van der Waals surface area contributed by atoms with Gasteiger partial charge in [-0.2, -0.15) is 8.42 Å². The second kappa shape index (κ2) is 10.6. The van der Waals surface area contributed by atoms with Crippen molar-refractivity contribution in [2.45, 2.75) is 62.9 Å². The summed E-state index contributed by atoms with van der Waals surface area (Å²) in [5.74, 6) is 1.18. The van der Waals surface area contributed by atoms with Crippen molar-refractivity contribution in [2.75, 3.05) is 19.8 Å². The molecule has 0 radical (unpaired) electrons. The fraction of sp³-hybridized carbons (Fsp3) is 0.500. The Kier molecular flexibility index (Phi) is 8.18. The molecule has 0 fully saturated rings. The molecule has 1 aliphatic rings. The fourth-order valence-electron chi connectivity index (χ4n) is 3.28. The number of benzene rings is 2. The highest BCUT2D eigenvalue weighted by atomic mass is 32.2. The molecule has 0 bridgehead atoms. The molecule has 0 saturated heterocycles. The van der Waals surface area contributed by atoms with Crippen LogP contribution in [0.4, 0.5) is 0 Å². The molecule has 190 valence electrons. The molecule has 35 heavy (non-hydrogen) atoms. The van der Waals surface area contributed by atoms with E-state index in [2.05, 4.69) is 43.9 Å². The Morgan fingerprint density at radius 1 is 1.09 bits per heavy atom. The maximum atomic E-state index is 12.8. The molecule has 0 unspecified atom stereocenters. The van der Waals surface area contributed by atoms with Crippen LogP contribution < -0.4 is 9.47 Å². The van der Waals surface area contributed by atoms with E-state index in [1.165, 1.54) is 12.1 Å². The van der Waals surface area contributed by atoms with Crippen molar-refractivity contribution >= 4 is 18.4 Å². The van der Waals surface area contributed by atoms with Crippen molar-refractivity contribution in [3.8, 4) is 11.5 Å². The highest BCUT2D eigenvalue weighted by Gasteiger charge is 2.41. The third-order valence-electron chi connectivity index (χ3n) is 6.38. The first kappa shape index (κ1) is 27.0. The predicted molar refractivity (Wildman–Crippen MR) is 136 cm³/mol. The lowest BCUT2D eigenvalue weighted by molar-refractivity contribution is 0.124. The number of nitrogens with zero attached hydrogens (tertiary/aromatic N) is 3. The van der Waals surface area contributed by atoms with Crippen molar-refractivity contribution in [3.63, 3.8) is 0 Å². The first-order valence-corrected chi connectivity index (χ1v) is 15.7. The lowest BCUT2D eigenvalue weighted by Crippen LogP contribution is -2.44. The minimum absolute atomic E-state index is 0.0315. The maximum Gasteiger partial charge on any atom is 0.296 e. The molecule has 0 aromatic heterocycles. The number of ether oxygens (including phenoxy) is 2. The number of azide groups is 1. The Morgan fingerprint density at radius 3 is 2.31 bits per heavy atom. The van der Waals surface area contributed by atoms with E-state index in [-0.39, 0.29) is 16.5 Å². The van der Waals surface area contributed by atoms with Gasteiger partial charge in [0.2, 0.25) is 0 Å². The van der Waals surface area contributed by atoms with Gasteiger partial charge in [-0.3, -0.25) is 4.18 Å². The zero-order chi connectivity index (χ0) is 25.9. The summed E-state index contributed by atoms with van der Waals surface area (Å²) >= 11 is 0. The van der Waals surface area contributed by atoms with Gasteiger partial charge in [0.15, 0.2) is 19.8 Å². The minimum atomic E-state index is -4.06. The molecule has 1 heterocycles. The van der Waals surface area contributed by atoms with Crippen molar-refractivity contribution < 1.29 is 26.5 Å². The van der Waals surface area contributed by atoms with Gasteiger partial charge in [-0.05, 0) is 60.4 Å². The van der Waals surface area contributed by atoms with Crippen LogP contribution in [0.15, 0.2) is 52.5 Å². The van der Waals surface area contributed by atoms with E-state index in [0.29, 0.717) is 30.3 Å². The standard InChI is InChI=1S/C24H33N3O6SSi/c1-17-7-10-19(11-8-17)34(28,29)32-16-20(26-27-25)23(33-35(5,6)24(2,3)4)18-9-12-21-22(15-18)31-14-13-30-21/h7-12,15,20,23H,13-14,16H2,1-6H3/t20-,23-/m1/s1. The number of hydrogen-bond acceptors (Lipinski definition) is 7. The molecule has 9 nitrogen and oxygen atoms in total. The Labute approximate surface area is 208 Å². The van der Waals surface area contributed by atoms with E-state index in [1.54, 1.807) is 24.3 Å². The van der Waals surface area contributed by atoms with Crippen molar-refractivity contribution in [1.29, 1.82) is 0 Å². The van der Waals surface area contributed by atoms with Crippen LogP contribution in [0.1, 0.15) is 38.0 Å². The normalized spacial score (nSPS) is 15.7. The number of fused-ring (bicyclic) bond motifs is 1. The van der Waals surface area contributed by atoms with E-state index in [9.17, 15) is 13.9 Å². The van der Waals surface area contributed by atoms with Gasteiger partial charge in [-0.25, -0.2) is 0 Å². The van der Waals surface area contributed by atoms with Gasteiger partial charge in [0.05, 0.1) is 23.6 Å². The summed E-state index contributed by atoms with van der Waals surface area (Å²) in [7, 11) is -6.45. The van der Waals surface area contributed by atoms with Gasteiger partial charge in [0.1, 0.15) is 13.2 Å². The average Bonchev–Trinajstić information content (AvgIpc) is 2.79. The highest BCUT2D eigenvalue weighted by molar-refractivity contribution is 7.86. The molecule has 2 aromatic rings. The largest absolute Gasteiger partial charge is 0.486 e. The SMILES string of the molecule is Cc1ccc(S(=O)(=O)OC[C@@H](N=[N+]=[N-])[C@H](O[Si](C)(C)C(C)(C)C)c2ccc3c(c2)OCCO3)cc1. The van der Waals surface area contributed by atoms with Gasteiger partial charge >= 0.3 is 0 Å². The summed E-state index contributed by atoms with van der Waals surface area (Å²) in [5, 5.41) is 3.76. The van der Waals surface area contributed by atoms with E-state index in [1.807, 2.05) is 13.0 Å².